The minimum Gasteiger partial charge on any atom is -0.348 e. The lowest BCUT2D eigenvalue weighted by atomic mass is 10.0. The number of aryl methyl sites for hydroxylation is 1. The summed E-state index contributed by atoms with van der Waals surface area (Å²) in [5, 5.41) is 3.24. The summed E-state index contributed by atoms with van der Waals surface area (Å²) in [5.41, 5.74) is 2.56. The van der Waals surface area contributed by atoms with Gasteiger partial charge in [-0.1, -0.05) is 0 Å². The topological polar surface area (TPSA) is 46.9 Å². The molecule has 2 aromatic heterocycles. The number of nitrogens with one attached hydrogen (secondary N) is 1. The van der Waals surface area contributed by atoms with Gasteiger partial charge in [0.05, 0.1) is 22.6 Å². The van der Waals surface area contributed by atoms with E-state index in [9.17, 15) is 4.79 Å². The van der Waals surface area contributed by atoms with Crippen molar-refractivity contribution in [1.29, 1.82) is 0 Å². The first-order chi connectivity index (χ1) is 8.27. The highest BCUT2D eigenvalue weighted by molar-refractivity contribution is 6.09. The molecule has 3 heterocycles. The average Bonchev–Trinajstić information content (AvgIpc) is 2.97. The number of aromatic nitrogens is 2. The number of pyridine rings is 1. The highest BCUT2D eigenvalue weighted by Crippen LogP contribution is 2.21. The van der Waals surface area contributed by atoms with E-state index in [2.05, 4.69) is 10.3 Å². The van der Waals surface area contributed by atoms with Crippen molar-refractivity contribution in [2.24, 2.45) is 7.05 Å². The Bertz CT molecular complexity index is 567. The van der Waals surface area contributed by atoms with Gasteiger partial charge >= 0.3 is 0 Å². The zero-order chi connectivity index (χ0) is 11.8. The Balaban J connectivity index is 2.08. The van der Waals surface area contributed by atoms with Crippen LogP contribution >= 0.6 is 0 Å². The normalized spacial score (nSPS) is 19.9. The third kappa shape index (κ3) is 1.65. The molecule has 4 nitrogen and oxygen atoms in total. The Morgan fingerprint density at radius 1 is 1.59 bits per heavy atom. The summed E-state index contributed by atoms with van der Waals surface area (Å²) in [6, 6.07) is 3.86. The number of nitrogens with zero attached hydrogens (tertiary/aromatic N) is 2. The van der Waals surface area contributed by atoms with Gasteiger partial charge in [-0.3, -0.25) is 9.78 Å². The molecule has 1 saturated heterocycles. The van der Waals surface area contributed by atoms with Gasteiger partial charge in [0.15, 0.2) is 5.78 Å². The lowest BCUT2D eigenvalue weighted by Gasteiger charge is -2.06. The summed E-state index contributed by atoms with van der Waals surface area (Å²) in [6.07, 6.45) is 5.64. The summed E-state index contributed by atoms with van der Waals surface area (Å²) in [6.45, 7) is 0.939. The number of hydrogen-bond acceptors (Lipinski definition) is 3. The molecule has 1 fully saturated rings. The SMILES string of the molecule is Cn1cc(C(=O)C2CCCN2)c2ncccc21. The molecule has 1 unspecified atom stereocenters. The van der Waals surface area contributed by atoms with E-state index in [1.54, 1.807) is 6.20 Å². The third-order valence-electron chi connectivity index (χ3n) is 3.39. The van der Waals surface area contributed by atoms with Gasteiger partial charge in [0.2, 0.25) is 0 Å². The summed E-state index contributed by atoms with van der Waals surface area (Å²) in [5.74, 6) is 0.173. The molecule has 2 aromatic rings. The lowest BCUT2D eigenvalue weighted by Crippen LogP contribution is -2.30. The van der Waals surface area contributed by atoms with Crippen molar-refractivity contribution in [2.45, 2.75) is 18.9 Å². The second-order valence-corrected chi connectivity index (χ2v) is 4.54. The van der Waals surface area contributed by atoms with E-state index < -0.39 is 0 Å². The average molecular weight is 229 g/mol. The zero-order valence-corrected chi connectivity index (χ0v) is 9.81. The van der Waals surface area contributed by atoms with Gasteiger partial charge in [-0.05, 0) is 31.5 Å². The number of Topliss-reactive ketones (excluding diaryl/α,β-unsaturated/α-hetero) is 1. The number of hydrogen-bond donors (Lipinski definition) is 1. The van der Waals surface area contributed by atoms with Crippen LogP contribution in [0, 0.1) is 0 Å². The van der Waals surface area contributed by atoms with E-state index in [4.69, 9.17) is 0 Å². The third-order valence-corrected chi connectivity index (χ3v) is 3.39. The molecule has 88 valence electrons. The fourth-order valence-electron chi connectivity index (χ4n) is 2.49. The fourth-order valence-corrected chi connectivity index (χ4v) is 2.49. The van der Waals surface area contributed by atoms with Crippen LogP contribution in [0.25, 0.3) is 11.0 Å². The van der Waals surface area contributed by atoms with Gasteiger partial charge in [0.25, 0.3) is 0 Å². The van der Waals surface area contributed by atoms with Crippen molar-refractivity contribution in [1.82, 2.24) is 14.9 Å². The molecule has 0 spiro atoms. The van der Waals surface area contributed by atoms with Crippen LogP contribution in [0.15, 0.2) is 24.5 Å². The standard InChI is InChI=1S/C13H15N3O/c1-16-8-9(12-11(16)5-3-7-15-12)13(17)10-4-2-6-14-10/h3,5,7-8,10,14H,2,4,6H2,1H3. The first-order valence-electron chi connectivity index (χ1n) is 5.95. The summed E-state index contributed by atoms with van der Waals surface area (Å²) in [7, 11) is 1.95. The molecular formula is C13H15N3O. The van der Waals surface area contributed by atoms with E-state index in [1.165, 1.54) is 0 Å². The van der Waals surface area contributed by atoms with Gasteiger partial charge < -0.3 is 9.88 Å². The van der Waals surface area contributed by atoms with E-state index >= 15 is 0 Å². The number of carbonyl (C=O) groups is 1. The largest absolute Gasteiger partial charge is 0.348 e. The van der Waals surface area contributed by atoms with Crippen LogP contribution in [-0.2, 0) is 7.05 Å². The quantitative estimate of drug-likeness (QED) is 0.794. The Morgan fingerprint density at radius 2 is 2.47 bits per heavy atom. The fraction of sp³-hybridized carbons (Fsp3) is 0.385. The minimum atomic E-state index is -0.0254. The number of fused-ring (bicyclic) bond motifs is 1. The first kappa shape index (κ1) is 10.5. The molecule has 1 aliphatic rings. The van der Waals surface area contributed by atoms with E-state index in [1.807, 2.05) is 29.9 Å². The lowest BCUT2D eigenvalue weighted by molar-refractivity contribution is 0.0953. The molecule has 17 heavy (non-hydrogen) atoms. The smallest absolute Gasteiger partial charge is 0.183 e. The van der Waals surface area contributed by atoms with Crippen LogP contribution < -0.4 is 5.32 Å². The van der Waals surface area contributed by atoms with Gasteiger partial charge in [0.1, 0.15) is 0 Å². The maximum absolute atomic E-state index is 12.4. The molecule has 0 aliphatic carbocycles. The molecule has 0 amide bonds. The van der Waals surface area contributed by atoms with Crippen LogP contribution in [-0.4, -0.2) is 27.9 Å². The molecular weight excluding hydrogens is 214 g/mol. The van der Waals surface area contributed by atoms with Crippen LogP contribution in [0.4, 0.5) is 0 Å². The second-order valence-electron chi connectivity index (χ2n) is 4.54. The molecule has 3 rings (SSSR count). The molecule has 0 radical (unpaired) electrons. The Hall–Kier alpha value is -1.68. The molecule has 1 atom stereocenters. The molecule has 0 saturated carbocycles. The van der Waals surface area contributed by atoms with Crippen molar-refractivity contribution in [2.75, 3.05) is 6.54 Å². The van der Waals surface area contributed by atoms with Gasteiger partial charge in [-0.25, -0.2) is 0 Å². The molecule has 0 bridgehead atoms. The van der Waals surface area contributed by atoms with Crippen molar-refractivity contribution < 1.29 is 4.79 Å². The van der Waals surface area contributed by atoms with Gasteiger partial charge in [0, 0.05) is 19.4 Å². The number of rotatable bonds is 2. The van der Waals surface area contributed by atoms with Crippen molar-refractivity contribution in [3.05, 3.63) is 30.1 Å². The Morgan fingerprint density at radius 3 is 3.24 bits per heavy atom. The van der Waals surface area contributed by atoms with Crippen LogP contribution in [0.1, 0.15) is 23.2 Å². The molecule has 0 aromatic carbocycles. The van der Waals surface area contributed by atoms with E-state index in [-0.39, 0.29) is 11.8 Å². The van der Waals surface area contributed by atoms with E-state index in [0.29, 0.717) is 0 Å². The highest BCUT2D eigenvalue weighted by atomic mass is 16.1. The van der Waals surface area contributed by atoms with Crippen LogP contribution in [0.5, 0.6) is 0 Å². The summed E-state index contributed by atoms with van der Waals surface area (Å²) < 4.78 is 1.96. The Labute approximate surface area is 99.6 Å². The van der Waals surface area contributed by atoms with Crippen molar-refractivity contribution >= 4 is 16.8 Å². The van der Waals surface area contributed by atoms with Gasteiger partial charge in [-0.2, -0.15) is 0 Å². The molecule has 1 N–H and O–H groups in total. The predicted molar refractivity (Wildman–Crippen MR) is 66.1 cm³/mol. The Kier molecular flexibility index (Phi) is 2.44. The van der Waals surface area contributed by atoms with Gasteiger partial charge in [-0.15, -0.1) is 0 Å². The first-order valence-corrected chi connectivity index (χ1v) is 5.95. The minimum absolute atomic E-state index is 0.0254. The van der Waals surface area contributed by atoms with E-state index in [0.717, 1.165) is 36.0 Å². The summed E-state index contributed by atoms with van der Waals surface area (Å²) in [4.78, 5) is 16.7. The predicted octanol–water partition coefficient (Wildman–Crippen LogP) is 1.51. The second kappa shape index (κ2) is 3.96. The molecule has 4 heteroatoms. The van der Waals surface area contributed by atoms with Crippen molar-refractivity contribution in [3.8, 4) is 0 Å². The monoisotopic (exact) mass is 229 g/mol. The van der Waals surface area contributed by atoms with Crippen LogP contribution in [0.3, 0.4) is 0 Å². The van der Waals surface area contributed by atoms with Crippen LogP contribution in [0.2, 0.25) is 0 Å². The summed E-state index contributed by atoms with van der Waals surface area (Å²) >= 11 is 0. The van der Waals surface area contributed by atoms with Crippen molar-refractivity contribution in [3.63, 3.8) is 0 Å². The zero-order valence-electron chi connectivity index (χ0n) is 9.81. The highest BCUT2D eigenvalue weighted by Gasteiger charge is 2.26. The maximum atomic E-state index is 12.4. The molecule has 1 aliphatic heterocycles. The number of ketones is 1. The maximum Gasteiger partial charge on any atom is 0.183 e. The number of carbonyl (C=O) groups excluding carboxylic acids is 1.